The molecule has 8 nitrogen and oxygen atoms in total. The molecular weight excluding hydrogens is 334 g/mol. The van der Waals surface area contributed by atoms with Gasteiger partial charge in [-0.1, -0.05) is 5.16 Å². The summed E-state index contributed by atoms with van der Waals surface area (Å²) in [5.74, 6) is 0.576. The maximum absolute atomic E-state index is 12.7. The number of aryl methyl sites for hydroxylation is 2. The first-order valence-corrected chi connectivity index (χ1v) is 8.75. The van der Waals surface area contributed by atoms with Crippen LogP contribution in [0.3, 0.4) is 0 Å². The number of hydrogen-bond acceptors (Lipinski definition) is 5. The Bertz CT molecular complexity index is 849. The van der Waals surface area contributed by atoms with Crippen molar-refractivity contribution in [3.63, 3.8) is 0 Å². The van der Waals surface area contributed by atoms with E-state index in [1.54, 1.807) is 19.0 Å². The van der Waals surface area contributed by atoms with Crippen molar-refractivity contribution in [2.24, 2.45) is 7.05 Å². The van der Waals surface area contributed by atoms with Gasteiger partial charge in [0.15, 0.2) is 5.69 Å². The minimum absolute atomic E-state index is 0.0720. The summed E-state index contributed by atoms with van der Waals surface area (Å²) in [6.45, 7) is 4.94. The van der Waals surface area contributed by atoms with Crippen molar-refractivity contribution in [3.8, 4) is 0 Å². The second kappa shape index (κ2) is 6.93. The Morgan fingerprint density at radius 3 is 2.62 bits per heavy atom. The second-order valence-electron chi connectivity index (χ2n) is 6.97. The smallest absolute Gasteiger partial charge is 0.275 e. The summed E-state index contributed by atoms with van der Waals surface area (Å²) in [6, 6.07) is 0. The summed E-state index contributed by atoms with van der Waals surface area (Å²) >= 11 is 0. The van der Waals surface area contributed by atoms with E-state index in [-0.39, 0.29) is 11.8 Å². The van der Waals surface area contributed by atoms with E-state index in [1.165, 1.54) is 4.90 Å². The lowest BCUT2D eigenvalue weighted by Crippen LogP contribution is -2.36. The molecule has 0 fully saturated rings. The highest BCUT2D eigenvalue weighted by molar-refractivity contribution is 5.93. The van der Waals surface area contributed by atoms with E-state index in [2.05, 4.69) is 10.3 Å². The third kappa shape index (κ3) is 3.23. The molecule has 1 aliphatic heterocycles. The first kappa shape index (κ1) is 18.2. The fraction of sp³-hybridized carbons (Fsp3) is 0.556. The maximum Gasteiger partial charge on any atom is 0.275 e. The molecule has 0 bridgehead atoms. The number of hydrogen-bond donors (Lipinski definition) is 0. The summed E-state index contributed by atoms with van der Waals surface area (Å²) < 4.78 is 7.15. The van der Waals surface area contributed by atoms with Gasteiger partial charge in [-0.2, -0.15) is 5.10 Å². The summed E-state index contributed by atoms with van der Waals surface area (Å²) in [6.07, 6.45) is 1.67. The lowest BCUT2D eigenvalue weighted by molar-refractivity contribution is -0.132. The summed E-state index contributed by atoms with van der Waals surface area (Å²) in [4.78, 5) is 28.2. The van der Waals surface area contributed by atoms with Crippen molar-refractivity contribution >= 4 is 11.8 Å². The fourth-order valence-corrected chi connectivity index (χ4v) is 3.37. The highest BCUT2D eigenvalue weighted by Crippen LogP contribution is 2.24. The van der Waals surface area contributed by atoms with Crippen molar-refractivity contribution in [1.82, 2.24) is 24.7 Å². The normalized spacial score (nSPS) is 13.7. The molecule has 2 aromatic heterocycles. The van der Waals surface area contributed by atoms with Crippen molar-refractivity contribution < 1.29 is 14.1 Å². The number of aromatic nitrogens is 3. The quantitative estimate of drug-likeness (QED) is 0.820. The van der Waals surface area contributed by atoms with Gasteiger partial charge in [0.05, 0.1) is 12.2 Å². The van der Waals surface area contributed by atoms with Crippen LogP contribution in [0.1, 0.15) is 45.2 Å². The Morgan fingerprint density at radius 2 is 2.00 bits per heavy atom. The molecule has 0 spiro atoms. The van der Waals surface area contributed by atoms with Gasteiger partial charge < -0.3 is 14.3 Å². The van der Waals surface area contributed by atoms with Crippen molar-refractivity contribution in [3.05, 3.63) is 34.0 Å². The van der Waals surface area contributed by atoms with Crippen LogP contribution < -0.4 is 0 Å². The zero-order chi connectivity index (χ0) is 19.0. The van der Waals surface area contributed by atoms with E-state index in [1.807, 2.05) is 25.6 Å². The number of rotatable bonds is 4. The molecule has 0 aromatic carbocycles. The van der Waals surface area contributed by atoms with Crippen LogP contribution in [0.5, 0.6) is 0 Å². The SMILES string of the molecule is Cc1nn(C)c(C)c1CCC(=O)N1CCc2onc(C(=O)N(C)C)c2C1. The first-order valence-electron chi connectivity index (χ1n) is 8.75. The molecule has 2 aromatic rings. The van der Waals surface area contributed by atoms with Gasteiger partial charge >= 0.3 is 0 Å². The first-order chi connectivity index (χ1) is 12.3. The van der Waals surface area contributed by atoms with Crippen LogP contribution in [0.25, 0.3) is 0 Å². The zero-order valence-corrected chi connectivity index (χ0v) is 16.0. The molecule has 8 heteroatoms. The monoisotopic (exact) mass is 359 g/mol. The molecule has 0 N–H and O–H groups in total. The average Bonchev–Trinajstić information content (AvgIpc) is 3.13. The highest BCUT2D eigenvalue weighted by atomic mass is 16.5. The zero-order valence-electron chi connectivity index (χ0n) is 16.0. The lowest BCUT2D eigenvalue weighted by atomic mass is 10.0. The number of carbonyl (C=O) groups is 2. The third-order valence-electron chi connectivity index (χ3n) is 5.04. The molecule has 0 saturated heterocycles. The fourth-order valence-electron chi connectivity index (χ4n) is 3.37. The third-order valence-corrected chi connectivity index (χ3v) is 5.04. The Hall–Kier alpha value is -2.64. The van der Waals surface area contributed by atoms with Gasteiger partial charge in [-0.3, -0.25) is 14.3 Å². The van der Waals surface area contributed by atoms with Gasteiger partial charge in [0.2, 0.25) is 5.91 Å². The van der Waals surface area contributed by atoms with E-state index in [9.17, 15) is 9.59 Å². The Morgan fingerprint density at radius 1 is 1.27 bits per heavy atom. The van der Waals surface area contributed by atoms with Gasteiger partial charge in [0.25, 0.3) is 5.91 Å². The van der Waals surface area contributed by atoms with E-state index in [0.717, 1.165) is 22.5 Å². The van der Waals surface area contributed by atoms with Crippen LogP contribution in [0.4, 0.5) is 0 Å². The van der Waals surface area contributed by atoms with Crippen molar-refractivity contribution in [1.29, 1.82) is 0 Å². The number of carbonyl (C=O) groups excluding carboxylic acids is 2. The maximum atomic E-state index is 12.7. The highest BCUT2D eigenvalue weighted by Gasteiger charge is 2.30. The molecule has 2 amide bonds. The second-order valence-corrected chi connectivity index (χ2v) is 6.97. The van der Waals surface area contributed by atoms with Crippen molar-refractivity contribution in [2.45, 2.75) is 39.7 Å². The van der Waals surface area contributed by atoms with Crippen LogP contribution in [0.2, 0.25) is 0 Å². The molecular formula is C18H25N5O3. The van der Waals surface area contributed by atoms with E-state index >= 15 is 0 Å². The predicted octanol–water partition coefficient (Wildman–Crippen LogP) is 1.24. The topological polar surface area (TPSA) is 84.5 Å². The minimum Gasteiger partial charge on any atom is -0.360 e. The van der Waals surface area contributed by atoms with E-state index in [0.29, 0.717) is 43.8 Å². The summed E-state index contributed by atoms with van der Waals surface area (Å²) in [7, 11) is 5.26. The van der Waals surface area contributed by atoms with Gasteiger partial charge in [-0.25, -0.2) is 0 Å². The summed E-state index contributed by atoms with van der Waals surface area (Å²) in [5, 5.41) is 8.32. The van der Waals surface area contributed by atoms with Gasteiger partial charge in [0.1, 0.15) is 5.76 Å². The number of fused-ring (bicyclic) bond motifs is 1. The van der Waals surface area contributed by atoms with Gasteiger partial charge in [-0.05, 0) is 25.8 Å². The molecule has 140 valence electrons. The summed E-state index contributed by atoms with van der Waals surface area (Å²) in [5.41, 5.74) is 4.23. The largest absolute Gasteiger partial charge is 0.360 e. The molecule has 1 aliphatic rings. The van der Waals surface area contributed by atoms with Crippen LogP contribution in [0.15, 0.2) is 4.52 Å². The van der Waals surface area contributed by atoms with Gasteiger partial charge in [0, 0.05) is 51.8 Å². The molecule has 0 atom stereocenters. The predicted molar refractivity (Wildman–Crippen MR) is 94.6 cm³/mol. The molecule has 0 radical (unpaired) electrons. The Labute approximate surface area is 152 Å². The molecule has 26 heavy (non-hydrogen) atoms. The molecule has 0 saturated carbocycles. The Balaban J connectivity index is 1.69. The van der Waals surface area contributed by atoms with Crippen LogP contribution in [-0.2, 0) is 31.2 Å². The van der Waals surface area contributed by atoms with Crippen molar-refractivity contribution in [2.75, 3.05) is 20.6 Å². The number of amides is 2. The Kier molecular flexibility index (Phi) is 4.84. The molecule has 3 rings (SSSR count). The van der Waals surface area contributed by atoms with E-state index < -0.39 is 0 Å². The minimum atomic E-state index is -0.203. The van der Waals surface area contributed by atoms with Gasteiger partial charge in [-0.15, -0.1) is 0 Å². The molecule has 0 aliphatic carbocycles. The average molecular weight is 359 g/mol. The number of nitrogens with zero attached hydrogens (tertiary/aromatic N) is 5. The van der Waals surface area contributed by atoms with E-state index in [4.69, 9.17) is 4.52 Å². The van der Waals surface area contributed by atoms with Crippen LogP contribution in [-0.4, -0.2) is 57.2 Å². The molecule has 3 heterocycles. The molecule has 0 unspecified atom stereocenters. The van der Waals surface area contributed by atoms with Crippen LogP contribution >= 0.6 is 0 Å². The lowest BCUT2D eigenvalue weighted by Gasteiger charge is -2.26. The van der Waals surface area contributed by atoms with Crippen LogP contribution in [0, 0.1) is 13.8 Å². The standard InChI is InChI=1S/C18H25N5O3/c1-11-13(12(2)22(5)19-11)6-7-16(24)23-9-8-15-14(10-23)17(20-26-15)18(25)21(3)4/h6-10H2,1-5H3.